The maximum absolute atomic E-state index is 10.2. The van der Waals surface area contributed by atoms with Crippen molar-refractivity contribution in [2.24, 2.45) is 0 Å². The molecule has 0 radical (unpaired) electrons. The second kappa shape index (κ2) is 10.4. The Bertz CT molecular complexity index is 756. The lowest BCUT2D eigenvalue weighted by molar-refractivity contribution is 0.203. The number of hydrogen-bond acceptors (Lipinski definition) is 6. The van der Waals surface area contributed by atoms with E-state index in [-0.39, 0.29) is 5.88 Å². The molecule has 6 nitrogen and oxygen atoms in total. The van der Waals surface area contributed by atoms with Gasteiger partial charge in [-0.25, -0.2) is 4.98 Å². The number of hydrogen-bond donors (Lipinski definition) is 2. The molecule has 1 aliphatic rings. The second-order valence-corrected chi connectivity index (χ2v) is 7.88. The third-order valence-electron chi connectivity index (χ3n) is 5.82. The fourth-order valence-corrected chi connectivity index (χ4v) is 3.96. The summed E-state index contributed by atoms with van der Waals surface area (Å²) < 4.78 is 0. The van der Waals surface area contributed by atoms with E-state index in [1.165, 1.54) is 5.56 Å². The minimum atomic E-state index is 0.0898. The molecule has 0 aliphatic carbocycles. The zero-order valence-electron chi connectivity index (χ0n) is 18.1. The molecular formula is C23H35N5O. The van der Waals surface area contributed by atoms with Crippen molar-refractivity contribution in [1.82, 2.24) is 14.9 Å². The van der Waals surface area contributed by atoms with Crippen LogP contribution in [0.25, 0.3) is 0 Å². The normalized spacial score (nSPS) is 15.4. The molecule has 0 unspecified atom stereocenters. The Hall–Kier alpha value is -2.34. The van der Waals surface area contributed by atoms with Crippen LogP contribution in [0.15, 0.2) is 30.3 Å². The van der Waals surface area contributed by atoms with Gasteiger partial charge in [0.15, 0.2) is 0 Å². The predicted octanol–water partition coefficient (Wildman–Crippen LogP) is 4.23. The minimum absolute atomic E-state index is 0.0898. The first-order chi connectivity index (χ1) is 14.1. The lowest BCUT2D eigenvalue weighted by atomic mass is 9.93. The quantitative estimate of drug-likeness (QED) is 0.660. The van der Waals surface area contributed by atoms with Crippen molar-refractivity contribution in [2.45, 2.75) is 52.0 Å². The zero-order valence-corrected chi connectivity index (χ0v) is 18.1. The van der Waals surface area contributed by atoms with Gasteiger partial charge in [0.05, 0.1) is 5.69 Å². The molecule has 2 N–H and O–H groups in total. The summed E-state index contributed by atoms with van der Waals surface area (Å²) in [6.45, 7) is 9.17. The Morgan fingerprint density at radius 2 is 1.86 bits per heavy atom. The number of anilines is 2. The number of rotatable bonds is 9. The van der Waals surface area contributed by atoms with E-state index in [2.05, 4.69) is 58.2 Å². The van der Waals surface area contributed by atoms with Crippen LogP contribution >= 0.6 is 0 Å². The highest BCUT2D eigenvalue weighted by Gasteiger charge is 2.23. The molecule has 29 heavy (non-hydrogen) atoms. The van der Waals surface area contributed by atoms with E-state index in [9.17, 15) is 5.11 Å². The predicted molar refractivity (Wildman–Crippen MR) is 120 cm³/mol. The van der Waals surface area contributed by atoms with E-state index < -0.39 is 0 Å². The van der Waals surface area contributed by atoms with Gasteiger partial charge in [-0.1, -0.05) is 25.5 Å². The minimum Gasteiger partial charge on any atom is -0.493 e. The molecule has 0 spiro atoms. The molecular weight excluding hydrogens is 362 g/mol. The van der Waals surface area contributed by atoms with E-state index in [0.717, 1.165) is 69.8 Å². The first-order valence-corrected chi connectivity index (χ1v) is 10.9. The van der Waals surface area contributed by atoms with E-state index in [0.29, 0.717) is 11.9 Å². The smallest absolute Gasteiger partial charge is 0.228 e. The third-order valence-corrected chi connectivity index (χ3v) is 5.82. The number of benzene rings is 1. The van der Waals surface area contributed by atoms with Gasteiger partial charge in [-0.3, -0.25) is 4.90 Å². The van der Waals surface area contributed by atoms with Crippen LogP contribution in [0.1, 0.15) is 56.7 Å². The van der Waals surface area contributed by atoms with Crippen LogP contribution in [0.3, 0.4) is 0 Å². The van der Waals surface area contributed by atoms with E-state index in [1.807, 2.05) is 7.05 Å². The summed E-state index contributed by atoms with van der Waals surface area (Å²) in [7, 11) is 1.94. The Balaban J connectivity index is 1.61. The van der Waals surface area contributed by atoms with Gasteiger partial charge in [0.1, 0.15) is 0 Å². The van der Waals surface area contributed by atoms with Gasteiger partial charge in [0.25, 0.3) is 0 Å². The van der Waals surface area contributed by atoms with E-state index in [1.54, 1.807) is 6.07 Å². The van der Waals surface area contributed by atoms with Crippen LogP contribution in [0.4, 0.5) is 11.6 Å². The van der Waals surface area contributed by atoms with Gasteiger partial charge < -0.3 is 15.3 Å². The Morgan fingerprint density at radius 1 is 1.14 bits per heavy atom. The van der Waals surface area contributed by atoms with Crippen molar-refractivity contribution in [2.75, 3.05) is 43.4 Å². The average Bonchev–Trinajstić information content (AvgIpc) is 2.75. The zero-order chi connectivity index (χ0) is 20.6. The Morgan fingerprint density at radius 3 is 2.48 bits per heavy atom. The topological polar surface area (TPSA) is 64.5 Å². The molecule has 1 fully saturated rings. The third kappa shape index (κ3) is 5.82. The van der Waals surface area contributed by atoms with Crippen LogP contribution < -0.4 is 10.2 Å². The van der Waals surface area contributed by atoms with Gasteiger partial charge in [-0.15, -0.1) is 0 Å². The molecule has 6 heteroatoms. The Labute approximate surface area is 175 Å². The SMILES string of the molecule is CCCCN(CC)c1nc(O)cc(C2CCN(Cc3ccc(NC)cc3)CC2)n1. The molecule has 1 saturated heterocycles. The number of piperidine rings is 1. The molecule has 1 aliphatic heterocycles. The van der Waals surface area contributed by atoms with Crippen LogP contribution in [-0.2, 0) is 6.54 Å². The lowest BCUT2D eigenvalue weighted by Gasteiger charge is -2.32. The summed E-state index contributed by atoms with van der Waals surface area (Å²) in [5.74, 6) is 1.14. The summed E-state index contributed by atoms with van der Waals surface area (Å²) >= 11 is 0. The number of nitrogens with zero attached hydrogens (tertiary/aromatic N) is 4. The highest BCUT2D eigenvalue weighted by molar-refractivity contribution is 5.43. The summed E-state index contributed by atoms with van der Waals surface area (Å²) in [6, 6.07) is 10.4. The largest absolute Gasteiger partial charge is 0.493 e. The first-order valence-electron chi connectivity index (χ1n) is 10.9. The highest BCUT2D eigenvalue weighted by Crippen LogP contribution is 2.30. The Kier molecular flexibility index (Phi) is 7.69. The van der Waals surface area contributed by atoms with Crippen molar-refractivity contribution < 1.29 is 5.11 Å². The summed E-state index contributed by atoms with van der Waals surface area (Å²) in [6.07, 6.45) is 4.37. The summed E-state index contributed by atoms with van der Waals surface area (Å²) in [5, 5.41) is 13.4. The van der Waals surface area contributed by atoms with Crippen molar-refractivity contribution in [3.63, 3.8) is 0 Å². The standard InChI is InChI=1S/C23H35N5O/c1-4-6-13-28(5-2)23-25-21(16-22(29)26-23)19-11-14-27(15-12-19)17-18-7-9-20(24-3)10-8-18/h7-10,16,19,24H,4-6,11-15,17H2,1-3H3,(H,25,26,29). The van der Waals surface area contributed by atoms with Gasteiger partial charge in [0, 0.05) is 44.4 Å². The monoisotopic (exact) mass is 397 g/mol. The van der Waals surface area contributed by atoms with Gasteiger partial charge >= 0.3 is 0 Å². The molecule has 1 aromatic heterocycles. The average molecular weight is 398 g/mol. The molecule has 0 atom stereocenters. The van der Waals surface area contributed by atoms with Crippen LogP contribution in [0.5, 0.6) is 5.88 Å². The molecule has 3 rings (SSSR count). The molecule has 1 aromatic carbocycles. The van der Waals surface area contributed by atoms with Crippen molar-refractivity contribution in [1.29, 1.82) is 0 Å². The number of likely N-dealkylation sites (tertiary alicyclic amines) is 1. The van der Waals surface area contributed by atoms with Crippen LogP contribution in [0.2, 0.25) is 0 Å². The van der Waals surface area contributed by atoms with Gasteiger partial charge in [0.2, 0.25) is 11.8 Å². The van der Waals surface area contributed by atoms with Crippen molar-refractivity contribution >= 4 is 11.6 Å². The molecule has 2 heterocycles. The fraction of sp³-hybridized carbons (Fsp3) is 0.565. The number of nitrogens with one attached hydrogen (secondary N) is 1. The first kappa shape index (κ1) is 21.4. The number of aromatic nitrogens is 2. The molecule has 2 aromatic rings. The number of unbranched alkanes of at least 4 members (excludes halogenated alkanes) is 1. The van der Waals surface area contributed by atoms with Crippen LogP contribution in [-0.4, -0.2) is 53.2 Å². The maximum atomic E-state index is 10.2. The second-order valence-electron chi connectivity index (χ2n) is 7.88. The maximum Gasteiger partial charge on any atom is 0.228 e. The highest BCUT2D eigenvalue weighted by atomic mass is 16.3. The van der Waals surface area contributed by atoms with Crippen molar-refractivity contribution in [3.8, 4) is 5.88 Å². The van der Waals surface area contributed by atoms with Gasteiger partial charge in [-0.05, 0) is 57.0 Å². The molecule has 0 bridgehead atoms. The lowest BCUT2D eigenvalue weighted by Crippen LogP contribution is -2.33. The van der Waals surface area contributed by atoms with E-state index in [4.69, 9.17) is 4.98 Å². The van der Waals surface area contributed by atoms with Crippen molar-refractivity contribution in [3.05, 3.63) is 41.6 Å². The summed E-state index contributed by atoms with van der Waals surface area (Å²) in [5.41, 5.74) is 3.48. The van der Waals surface area contributed by atoms with E-state index >= 15 is 0 Å². The molecule has 158 valence electrons. The summed E-state index contributed by atoms with van der Waals surface area (Å²) in [4.78, 5) is 13.8. The molecule has 0 saturated carbocycles. The fourth-order valence-electron chi connectivity index (χ4n) is 3.96. The molecule has 0 amide bonds. The number of aromatic hydroxyl groups is 1. The van der Waals surface area contributed by atoms with Crippen LogP contribution in [0, 0.1) is 0 Å². The van der Waals surface area contributed by atoms with Gasteiger partial charge in [-0.2, -0.15) is 4.98 Å².